The fraction of sp³-hybridized carbons (Fsp3) is 0.357. The predicted molar refractivity (Wildman–Crippen MR) is 77.7 cm³/mol. The Morgan fingerprint density at radius 3 is 2.81 bits per heavy atom. The second-order valence-corrected chi connectivity index (χ2v) is 5.47. The van der Waals surface area contributed by atoms with E-state index in [2.05, 4.69) is 24.9 Å². The smallest absolute Gasteiger partial charge is 0.215 e. The first-order valence-corrected chi connectivity index (χ1v) is 6.93. The Labute approximate surface area is 121 Å². The molecule has 0 aliphatic heterocycles. The van der Waals surface area contributed by atoms with E-state index < -0.39 is 0 Å². The first-order chi connectivity index (χ1) is 10.2. The quantitative estimate of drug-likeness (QED) is 0.678. The van der Waals surface area contributed by atoms with Gasteiger partial charge in [0.1, 0.15) is 11.5 Å². The molecule has 0 atom stereocenters. The van der Waals surface area contributed by atoms with Crippen LogP contribution in [0.15, 0.2) is 18.3 Å². The molecule has 0 radical (unpaired) electrons. The molecule has 1 fully saturated rings. The predicted octanol–water partition coefficient (Wildman–Crippen LogP) is 1.69. The molecule has 0 amide bonds. The second-order valence-electron chi connectivity index (χ2n) is 5.47. The molecule has 0 saturated heterocycles. The lowest BCUT2D eigenvalue weighted by Crippen LogP contribution is -2.44. The van der Waals surface area contributed by atoms with E-state index >= 15 is 0 Å². The monoisotopic (exact) mass is 284 g/mol. The number of aromatic nitrogens is 5. The van der Waals surface area contributed by atoms with Gasteiger partial charge >= 0.3 is 0 Å². The number of nitrogens with one attached hydrogen (secondary N) is 2. The van der Waals surface area contributed by atoms with Crippen LogP contribution in [-0.2, 0) is 5.54 Å². The van der Waals surface area contributed by atoms with Gasteiger partial charge in [0.15, 0.2) is 11.5 Å². The molecule has 0 bridgehead atoms. The minimum Gasteiger partial charge on any atom is -0.481 e. The van der Waals surface area contributed by atoms with Gasteiger partial charge in [-0.25, -0.2) is 9.97 Å². The van der Waals surface area contributed by atoms with Crippen molar-refractivity contribution in [1.29, 1.82) is 0 Å². The molecular formula is C14H16N6O. The van der Waals surface area contributed by atoms with Crippen molar-refractivity contribution >= 4 is 11.2 Å². The molecule has 0 unspecified atom stereocenters. The number of ether oxygens (including phenoxy) is 1. The molecule has 3 aromatic rings. The van der Waals surface area contributed by atoms with Crippen molar-refractivity contribution in [1.82, 2.24) is 24.9 Å². The van der Waals surface area contributed by atoms with E-state index in [0.29, 0.717) is 17.4 Å². The second kappa shape index (κ2) is 4.29. The van der Waals surface area contributed by atoms with Crippen LogP contribution in [0.1, 0.15) is 25.1 Å². The number of imidazole rings is 2. The third-order valence-electron chi connectivity index (χ3n) is 4.08. The van der Waals surface area contributed by atoms with Crippen LogP contribution in [0, 0.1) is 0 Å². The standard InChI is InChI=1S/C14H16N6O/c1-21-10-4-3-8-11(19-10)20-12(17-8)9-7-16-13(18-9)14(15)5-2-6-14/h3-4,7H,2,5-6,15H2,1H3,(H,16,18)(H,17,19,20). The molecule has 0 aromatic carbocycles. The fourth-order valence-corrected chi connectivity index (χ4v) is 2.61. The van der Waals surface area contributed by atoms with Crippen molar-refractivity contribution in [2.24, 2.45) is 5.73 Å². The first-order valence-electron chi connectivity index (χ1n) is 6.93. The summed E-state index contributed by atoms with van der Waals surface area (Å²) in [7, 11) is 1.59. The maximum absolute atomic E-state index is 6.28. The number of hydrogen-bond acceptors (Lipinski definition) is 5. The highest BCUT2D eigenvalue weighted by Gasteiger charge is 2.37. The summed E-state index contributed by atoms with van der Waals surface area (Å²) in [5.41, 5.74) is 8.27. The van der Waals surface area contributed by atoms with Gasteiger partial charge in [0.25, 0.3) is 0 Å². The molecule has 0 spiro atoms. The van der Waals surface area contributed by atoms with Crippen molar-refractivity contribution in [2.45, 2.75) is 24.8 Å². The molecule has 1 aliphatic carbocycles. The summed E-state index contributed by atoms with van der Waals surface area (Å²) >= 11 is 0. The maximum atomic E-state index is 6.28. The molecule has 4 rings (SSSR count). The molecule has 1 saturated carbocycles. The summed E-state index contributed by atoms with van der Waals surface area (Å²) in [5.74, 6) is 2.07. The summed E-state index contributed by atoms with van der Waals surface area (Å²) in [5, 5.41) is 0. The van der Waals surface area contributed by atoms with Gasteiger partial charge < -0.3 is 20.4 Å². The average molecular weight is 284 g/mol. The van der Waals surface area contributed by atoms with Crippen LogP contribution in [0.4, 0.5) is 0 Å². The summed E-state index contributed by atoms with van der Waals surface area (Å²) in [6.07, 6.45) is 4.86. The number of nitrogens with two attached hydrogens (primary N) is 1. The van der Waals surface area contributed by atoms with Gasteiger partial charge in [0, 0.05) is 6.07 Å². The molecule has 7 heteroatoms. The van der Waals surface area contributed by atoms with Crippen LogP contribution in [0.25, 0.3) is 22.7 Å². The van der Waals surface area contributed by atoms with Crippen LogP contribution in [0.2, 0.25) is 0 Å². The largest absolute Gasteiger partial charge is 0.481 e. The van der Waals surface area contributed by atoms with Crippen LogP contribution in [-0.4, -0.2) is 32.0 Å². The van der Waals surface area contributed by atoms with Crippen LogP contribution in [0.5, 0.6) is 5.88 Å². The van der Waals surface area contributed by atoms with Crippen LogP contribution < -0.4 is 10.5 Å². The van der Waals surface area contributed by atoms with E-state index in [0.717, 1.165) is 36.3 Å². The van der Waals surface area contributed by atoms with E-state index in [1.807, 2.05) is 6.07 Å². The van der Waals surface area contributed by atoms with E-state index in [1.165, 1.54) is 0 Å². The lowest BCUT2D eigenvalue weighted by Gasteiger charge is -2.35. The zero-order valence-corrected chi connectivity index (χ0v) is 11.7. The van der Waals surface area contributed by atoms with Crippen LogP contribution in [0.3, 0.4) is 0 Å². The van der Waals surface area contributed by atoms with Gasteiger partial charge in [-0.05, 0) is 25.3 Å². The number of methoxy groups -OCH3 is 1. The van der Waals surface area contributed by atoms with Crippen molar-refractivity contribution in [2.75, 3.05) is 7.11 Å². The van der Waals surface area contributed by atoms with Gasteiger partial charge in [-0.2, -0.15) is 4.98 Å². The Kier molecular flexibility index (Phi) is 2.52. The Morgan fingerprint density at radius 1 is 1.24 bits per heavy atom. The number of rotatable bonds is 3. The molecule has 108 valence electrons. The van der Waals surface area contributed by atoms with Gasteiger partial charge in [-0.1, -0.05) is 0 Å². The Hall–Kier alpha value is -2.41. The highest BCUT2D eigenvalue weighted by Crippen LogP contribution is 2.37. The van der Waals surface area contributed by atoms with E-state index in [-0.39, 0.29) is 5.54 Å². The molecule has 4 N–H and O–H groups in total. The molecular weight excluding hydrogens is 268 g/mol. The van der Waals surface area contributed by atoms with E-state index in [4.69, 9.17) is 10.5 Å². The van der Waals surface area contributed by atoms with Crippen molar-refractivity contribution in [3.8, 4) is 17.4 Å². The number of aromatic amines is 2. The fourth-order valence-electron chi connectivity index (χ4n) is 2.61. The molecule has 1 aliphatic rings. The SMILES string of the molecule is COc1ccc2[nH]c(-c3cnc(C4(N)CCC4)[nH]3)nc2n1. The number of H-pyrrole nitrogens is 2. The van der Waals surface area contributed by atoms with Crippen molar-refractivity contribution < 1.29 is 4.74 Å². The number of nitrogens with zero attached hydrogens (tertiary/aromatic N) is 3. The molecule has 21 heavy (non-hydrogen) atoms. The summed E-state index contributed by atoms with van der Waals surface area (Å²) in [4.78, 5) is 19.7. The maximum Gasteiger partial charge on any atom is 0.215 e. The van der Waals surface area contributed by atoms with E-state index in [9.17, 15) is 0 Å². The Morgan fingerprint density at radius 2 is 2.10 bits per heavy atom. The third kappa shape index (κ3) is 1.89. The van der Waals surface area contributed by atoms with Gasteiger partial charge in [0.05, 0.1) is 24.4 Å². The third-order valence-corrected chi connectivity index (χ3v) is 4.08. The van der Waals surface area contributed by atoms with Gasteiger partial charge in [-0.3, -0.25) is 0 Å². The van der Waals surface area contributed by atoms with Gasteiger partial charge in [0.2, 0.25) is 5.88 Å². The average Bonchev–Trinajstić information content (AvgIpc) is 3.10. The molecule has 3 aromatic heterocycles. The topological polar surface area (TPSA) is 106 Å². The zero-order valence-electron chi connectivity index (χ0n) is 11.7. The van der Waals surface area contributed by atoms with E-state index in [1.54, 1.807) is 19.4 Å². The highest BCUT2D eigenvalue weighted by atomic mass is 16.5. The summed E-state index contributed by atoms with van der Waals surface area (Å²) in [6.45, 7) is 0. The number of hydrogen-bond donors (Lipinski definition) is 3. The van der Waals surface area contributed by atoms with Gasteiger partial charge in [-0.15, -0.1) is 0 Å². The number of fused-ring (bicyclic) bond motifs is 1. The normalized spacial score (nSPS) is 16.9. The van der Waals surface area contributed by atoms with Crippen molar-refractivity contribution in [3.63, 3.8) is 0 Å². The zero-order chi connectivity index (χ0) is 14.4. The van der Waals surface area contributed by atoms with Crippen molar-refractivity contribution in [3.05, 3.63) is 24.2 Å². The summed E-state index contributed by atoms with van der Waals surface area (Å²) < 4.78 is 5.11. The molecule has 7 nitrogen and oxygen atoms in total. The lowest BCUT2D eigenvalue weighted by atomic mass is 9.77. The highest BCUT2D eigenvalue weighted by molar-refractivity contribution is 5.75. The minimum absolute atomic E-state index is 0.300. The summed E-state index contributed by atoms with van der Waals surface area (Å²) in [6, 6.07) is 3.69. The molecule has 3 heterocycles. The van der Waals surface area contributed by atoms with Crippen LogP contribution >= 0.6 is 0 Å². The Bertz CT molecular complexity index is 801. The first kappa shape index (κ1) is 12.3. The minimum atomic E-state index is -0.300. The number of pyridine rings is 1. The lowest BCUT2D eigenvalue weighted by molar-refractivity contribution is 0.240. The Balaban J connectivity index is 1.73.